The summed E-state index contributed by atoms with van der Waals surface area (Å²) in [5.41, 5.74) is 3.75. The maximum Gasteiger partial charge on any atom is 0.269 e. The summed E-state index contributed by atoms with van der Waals surface area (Å²) < 4.78 is 41.2. The van der Waals surface area contributed by atoms with Crippen LogP contribution < -0.4 is 21.8 Å². The number of rotatable bonds is 10. The fourth-order valence-electron chi connectivity index (χ4n) is 8.51. The molecule has 1 aliphatic rings. The number of halogens is 2. The first-order valence-corrected chi connectivity index (χ1v) is 22.2. The molecule has 0 saturated carbocycles. The van der Waals surface area contributed by atoms with Crippen molar-refractivity contribution < 1.29 is 13.5 Å². The van der Waals surface area contributed by atoms with E-state index in [0.29, 0.717) is 81.0 Å². The van der Waals surface area contributed by atoms with Crippen LogP contribution in [0.3, 0.4) is 0 Å². The van der Waals surface area contributed by atoms with Crippen molar-refractivity contribution in [3.8, 4) is 11.4 Å². The maximum atomic E-state index is 14.7. The zero-order chi connectivity index (χ0) is 46.9. The van der Waals surface area contributed by atoms with Gasteiger partial charge in [-0.05, 0) is 87.2 Å². The van der Waals surface area contributed by atoms with Gasteiger partial charge >= 0.3 is 0 Å². The SMILES string of the molecule is C.CC[C@H](Nc1ncnc2c1ncn2C1CCCCO1)c1nc2cccc(F)c2c(=O)n1-c1ccccc1.C[C@H](Nc1ncnc2c1ncn2C)c1nc2ccc(F)cc2c(=O)n1-c1ccccc1. The average Bonchev–Trinajstić information content (AvgIpc) is 3.99. The van der Waals surface area contributed by atoms with Gasteiger partial charge in [-0.2, -0.15) is 0 Å². The van der Waals surface area contributed by atoms with Crippen molar-refractivity contribution in [2.45, 2.75) is 65.3 Å². The Morgan fingerprint density at radius 3 is 2.06 bits per heavy atom. The summed E-state index contributed by atoms with van der Waals surface area (Å²) in [6.45, 7) is 4.58. The molecule has 0 amide bonds. The van der Waals surface area contributed by atoms with Crippen molar-refractivity contribution >= 4 is 55.8 Å². The van der Waals surface area contributed by atoms with E-state index in [9.17, 15) is 18.4 Å². The van der Waals surface area contributed by atoms with Gasteiger partial charge in [-0.15, -0.1) is 0 Å². The van der Waals surface area contributed by atoms with Gasteiger partial charge in [0.15, 0.2) is 28.4 Å². The molecule has 19 heteroatoms. The van der Waals surface area contributed by atoms with Crippen LogP contribution in [0.2, 0.25) is 0 Å². The number of imidazole rings is 2. The molecule has 1 unspecified atom stereocenters. The lowest BCUT2D eigenvalue weighted by atomic mass is 10.1. The van der Waals surface area contributed by atoms with Crippen molar-refractivity contribution in [2.75, 3.05) is 17.2 Å². The molecule has 10 aromatic rings. The molecule has 6 aromatic heterocycles. The van der Waals surface area contributed by atoms with Crippen LogP contribution in [0.4, 0.5) is 20.4 Å². The predicted molar refractivity (Wildman–Crippen MR) is 260 cm³/mol. The van der Waals surface area contributed by atoms with E-state index >= 15 is 0 Å². The Morgan fingerprint density at radius 1 is 0.710 bits per heavy atom. The topological polar surface area (TPSA) is 190 Å². The number of nitrogens with one attached hydrogen (secondary N) is 2. The summed E-state index contributed by atoms with van der Waals surface area (Å²) in [6, 6.07) is 26.0. The average molecular weight is 931 g/mol. The van der Waals surface area contributed by atoms with Gasteiger partial charge in [0.25, 0.3) is 11.1 Å². The molecule has 0 aliphatic carbocycles. The summed E-state index contributed by atoms with van der Waals surface area (Å²) in [7, 11) is 1.85. The molecule has 0 bridgehead atoms. The van der Waals surface area contributed by atoms with Crippen molar-refractivity contribution in [3.63, 3.8) is 0 Å². The molecule has 0 radical (unpaired) electrons. The van der Waals surface area contributed by atoms with E-state index in [1.54, 1.807) is 41.5 Å². The number of aromatic nitrogens is 12. The van der Waals surface area contributed by atoms with Crippen LogP contribution in [0.1, 0.15) is 76.9 Å². The Kier molecular flexibility index (Phi) is 12.9. The van der Waals surface area contributed by atoms with Crippen LogP contribution >= 0.6 is 0 Å². The van der Waals surface area contributed by atoms with Gasteiger partial charge in [-0.25, -0.2) is 48.7 Å². The van der Waals surface area contributed by atoms with Crippen LogP contribution in [0, 0.1) is 11.6 Å². The molecular weight excluding hydrogens is 883 g/mol. The second kappa shape index (κ2) is 19.5. The van der Waals surface area contributed by atoms with Crippen LogP contribution in [-0.2, 0) is 11.8 Å². The number of benzene rings is 4. The minimum absolute atomic E-state index is 0. The molecule has 7 heterocycles. The van der Waals surface area contributed by atoms with Crippen LogP contribution in [0.25, 0.3) is 55.5 Å². The quantitative estimate of drug-likeness (QED) is 0.132. The summed E-state index contributed by atoms with van der Waals surface area (Å²) in [6.07, 6.45) is 9.86. The third kappa shape index (κ3) is 8.75. The van der Waals surface area contributed by atoms with E-state index < -0.39 is 29.3 Å². The summed E-state index contributed by atoms with van der Waals surface area (Å²) >= 11 is 0. The molecule has 17 nitrogen and oxygen atoms in total. The molecule has 1 fully saturated rings. The molecule has 1 saturated heterocycles. The number of para-hydroxylation sites is 2. The first kappa shape index (κ1) is 45.8. The number of aryl methyl sites for hydroxylation is 1. The predicted octanol–water partition coefficient (Wildman–Crippen LogP) is 8.94. The molecule has 1 aliphatic heterocycles. The molecule has 3 atom stereocenters. The lowest BCUT2D eigenvalue weighted by Gasteiger charge is -2.24. The minimum Gasteiger partial charge on any atom is -0.358 e. The van der Waals surface area contributed by atoms with Crippen molar-refractivity contribution in [3.05, 3.63) is 166 Å². The summed E-state index contributed by atoms with van der Waals surface area (Å²) in [5.74, 6) is 0.908. The maximum absolute atomic E-state index is 14.7. The zero-order valence-corrected chi connectivity index (χ0v) is 37.2. The van der Waals surface area contributed by atoms with Crippen molar-refractivity contribution in [1.82, 2.24) is 58.1 Å². The van der Waals surface area contributed by atoms with E-state index in [-0.39, 0.29) is 30.0 Å². The highest BCUT2D eigenvalue weighted by Crippen LogP contribution is 2.31. The third-order valence-electron chi connectivity index (χ3n) is 11.9. The van der Waals surface area contributed by atoms with Gasteiger partial charge in [0, 0.05) is 13.7 Å². The number of fused-ring (bicyclic) bond motifs is 4. The van der Waals surface area contributed by atoms with Gasteiger partial charge < -0.3 is 19.9 Å². The smallest absolute Gasteiger partial charge is 0.269 e. The summed E-state index contributed by atoms with van der Waals surface area (Å²) in [4.78, 5) is 62.9. The highest BCUT2D eigenvalue weighted by molar-refractivity contribution is 5.84. The van der Waals surface area contributed by atoms with Crippen LogP contribution in [0.15, 0.2) is 132 Å². The van der Waals surface area contributed by atoms with Gasteiger partial charge in [-0.1, -0.05) is 56.8 Å². The Balaban J connectivity index is 0.000000172. The van der Waals surface area contributed by atoms with Gasteiger partial charge in [-0.3, -0.25) is 23.3 Å². The largest absolute Gasteiger partial charge is 0.358 e. The van der Waals surface area contributed by atoms with Crippen molar-refractivity contribution in [2.24, 2.45) is 7.05 Å². The molecule has 69 heavy (non-hydrogen) atoms. The van der Waals surface area contributed by atoms with E-state index in [0.717, 1.165) is 19.3 Å². The highest BCUT2D eigenvalue weighted by Gasteiger charge is 2.26. The van der Waals surface area contributed by atoms with Crippen LogP contribution in [-0.4, -0.2) is 64.7 Å². The fourth-order valence-corrected chi connectivity index (χ4v) is 8.51. The second-order valence-corrected chi connectivity index (χ2v) is 16.3. The molecule has 0 spiro atoms. The lowest BCUT2D eigenvalue weighted by molar-refractivity contribution is -0.0298. The Morgan fingerprint density at radius 2 is 1.36 bits per heavy atom. The molecular formula is C50H48F2N14O3. The minimum atomic E-state index is -0.597. The number of nitrogens with zero attached hydrogens (tertiary/aromatic N) is 12. The van der Waals surface area contributed by atoms with E-state index in [4.69, 9.17) is 14.7 Å². The number of anilines is 2. The van der Waals surface area contributed by atoms with Crippen LogP contribution in [0.5, 0.6) is 0 Å². The molecule has 2 N–H and O–H groups in total. The Bertz CT molecular complexity index is 3580. The normalized spacial score (nSPS) is 14.5. The van der Waals surface area contributed by atoms with Gasteiger partial charge in [0.1, 0.15) is 53.1 Å². The first-order valence-electron chi connectivity index (χ1n) is 22.2. The van der Waals surface area contributed by atoms with Gasteiger partial charge in [0.2, 0.25) is 0 Å². The Labute approximate surface area is 393 Å². The highest BCUT2D eigenvalue weighted by atomic mass is 19.1. The summed E-state index contributed by atoms with van der Waals surface area (Å²) in [5, 5.41) is 6.92. The van der Waals surface area contributed by atoms with Gasteiger partial charge in [0.05, 0.1) is 52.5 Å². The molecule has 4 aromatic carbocycles. The van der Waals surface area contributed by atoms with E-state index in [1.807, 2.05) is 74.0 Å². The lowest BCUT2D eigenvalue weighted by Crippen LogP contribution is -2.28. The fraction of sp³-hybridized carbons (Fsp3) is 0.240. The van der Waals surface area contributed by atoms with E-state index in [1.165, 1.54) is 46.1 Å². The number of hydrogen-bond acceptors (Lipinski definition) is 13. The number of hydrogen-bond donors (Lipinski definition) is 2. The zero-order valence-electron chi connectivity index (χ0n) is 37.2. The number of ether oxygens (including phenoxy) is 1. The first-order chi connectivity index (χ1) is 33.2. The molecule has 350 valence electrons. The molecule has 11 rings (SSSR count). The Hall–Kier alpha value is -8.32. The van der Waals surface area contributed by atoms with E-state index in [2.05, 4.69) is 40.5 Å². The second-order valence-electron chi connectivity index (χ2n) is 16.3. The van der Waals surface area contributed by atoms with Crippen molar-refractivity contribution in [1.29, 1.82) is 0 Å². The third-order valence-corrected chi connectivity index (χ3v) is 11.9. The standard InChI is InChI=1S/C27H26FN7O2.C22H18FN7O.CH4/c1-2-19(32-24-23-26(30-15-29-24)34(16-31-23)21-13-6-7-14-37-21)25-33-20-12-8-11-18(28)22(20)27(36)35(25)17-9-4-3-5-10-17;1-13(27-19-18-21(25-11-24-19)29(2)12-26-18)20-28-17-9-8-14(23)10-16(17)22(31)30(20)15-6-4-3-5-7-15;/h3-5,8-12,15-16,19,21H,2,6-7,13-14H2,1H3,(H,29,30,32);3-13H,1-2H3,(H,24,25,27);1H4/t19-,21?;13-;/m00./s1. The monoisotopic (exact) mass is 930 g/mol.